The van der Waals surface area contributed by atoms with Gasteiger partial charge in [-0.25, -0.2) is 18.7 Å². The molecule has 3 amide bonds. The van der Waals surface area contributed by atoms with E-state index in [1.807, 2.05) is 17.9 Å². The smallest absolute Gasteiger partial charge is 0.255 e. The summed E-state index contributed by atoms with van der Waals surface area (Å²) in [5.41, 5.74) is 2.73. The number of carbonyl (C=O) groups is 3. The number of hydrogen-bond acceptors (Lipinski definition) is 11. The Morgan fingerprint density at radius 1 is 0.867 bits per heavy atom. The average molecular weight is 824 g/mol. The Labute approximate surface area is 347 Å². The number of piperazine rings is 1. The Balaban J connectivity index is 0.671. The second kappa shape index (κ2) is 15.7. The van der Waals surface area contributed by atoms with Gasteiger partial charge in [0.25, 0.3) is 5.91 Å². The Bertz CT molecular complexity index is 2310. The normalized spacial score (nSPS) is 24.9. The van der Waals surface area contributed by atoms with Gasteiger partial charge in [-0.1, -0.05) is 0 Å². The molecular formula is C44H51F2N9O5. The van der Waals surface area contributed by atoms with Crippen LogP contribution in [0.1, 0.15) is 87.1 Å². The van der Waals surface area contributed by atoms with E-state index in [1.54, 1.807) is 24.5 Å². The molecular weight excluding hydrogens is 773 g/mol. The van der Waals surface area contributed by atoms with Crippen molar-refractivity contribution in [3.05, 3.63) is 59.4 Å². The van der Waals surface area contributed by atoms with Crippen LogP contribution in [0, 0.1) is 17.6 Å². The van der Waals surface area contributed by atoms with Gasteiger partial charge in [0.1, 0.15) is 29.5 Å². The second-order valence-corrected chi connectivity index (χ2v) is 17.8. The van der Waals surface area contributed by atoms with E-state index >= 15 is 4.39 Å². The first-order valence-corrected chi connectivity index (χ1v) is 21.6. The lowest BCUT2D eigenvalue weighted by Gasteiger charge is -2.39. The highest BCUT2D eigenvalue weighted by Gasteiger charge is 2.42. The van der Waals surface area contributed by atoms with Gasteiger partial charge in [0.05, 0.1) is 35.7 Å². The van der Waals surface area contributed by atoms with Crippen LogP contribution in [-0.4, -0.2) is 117 Å². The standard InChI is InChI=1S/C44H51F2N9O5/c1-44(12-13-44)60-37-20-30-33(21-32(37)45)50-51-41(30)34-22-38(48-25-47-34)54-18-16-52(17-19-54)23-26-2-4-27(5-3-26)59-28-10-14-53(15-11-28)35-7-6-29-31(40(35)46)24-55(43(29)58)36-8-9-39(56)49-42(36)57/h6-7,20-22,25-28,36H,2-5,8-19,23-24H2,1H3,(H,50,51)(H,49,56,57). The largest absolute Gasteiger partial charge is 0.484 e. The van der Waals surface area contributed by atoms with E-state index in [0.29, 0.717) is 47.2 Å². The predicted molar refractivity (Wildman–Crippen MR) is 219 cm³/mol. The summed E-state index contributed by atoms with van der Waals surface area (Å²) in [4.78, 5) is 54.6. The van der Waals surface area contributed by atoms with Crippen molar-refractivity contribution in [1.82, 2.24) is 35.3 Å². The van der Waals surface area contributed by atoms with E-state index in [9.17, 15) is 18.8 Å². The van der Waals surface area contributed by atoms with Crippen molar-refractivity contribution >= 4 is 40.1 Å². The number of fused-ring (bicyclic) bond motifs is 2. The zero-order valence-corrected chi connectivity index (χ0v) is 33.9. The molecule has 3 saturated heterocycles. The Kier molecular flexibility index (Phi) is 10.2. The third-order valence-corrected chi connectivity index (χ3v) is 13.6. The number of imide groups is 1. The van der Waals surface area contributed by atoms with Crippen LogP contribution < -0.4 is 19.9 Å². The molecule has 6 aliphatic rings. The minimum Gasteiger partial charge on any atom is -0.484 e. The van der Waals surface area contributed by atoms with Crippen molar-refractivity contribution in [1.29, 1.82) is 0 Å². The molecule has 0 bridgehead atoms. The fourth-order valence-corrected chi connectivity index (χ4v) is 9.80. The summed E-state index contributed by atoms with van der Waals surface area (Å²) in [6, 6.07) is 7.72. The van der Waals surface area contributed by atoms with Crippen LogP contribution in [-0.2, 0) is 20.9 Å². The number of aromatic nitrogens is 4. The Morgan fingerprint density at radius 3 is 2.38 bits per heavy atom. The average Bonchev–Trinajstić information content (AvgIpc) is 3.69. The van der Waals surface area contributed by atoms with E-state index in [2.05, 4.69) is 35.3 Å². The molecule has 16 heteroatoms. The minimum atomic E-state index is -0.770. The summed E-state index contributed by atoms with van der Waals surface area (Å²) in [5.74, 6) is -0.288. The molecule has 316 valence electrons. The maximum Gasteiger partial charge on any atom is 0.255 e. The summed E-state index contributed by atoms with van der Waals surface area (Å²) in [6.45, 7) is 8.08. The molecule has 10 rings (SSSR count). The number of anilines is 2. The van der Waals surface area contributed by atoms with Crippen molar-refractivity contribution < 1.29 is 32.6 Å². The first kappa shape index (κ1) is 38.9. The fourth-order valence-electron chi connectivity index (χ4n) is 9.80. The summed E-state index contributed by atoms with van der Waals surface area (Å²) in [6.07, 6.45) is 10.2. The molecule has 14 nitrogen and oxygen atoms in total. The van der Waals surface area contributed by atoms with Crippen molar-refractivity contribution in [3.63, 3.8) is 0 Å². The first-order chi connectivity index (χ1) is 29.1. The van der Waals surface area contributed by atoms with Crippen LogP contribution >= 0.6 is 0 Å². The lowest BCUT2D eigenvalue weighted by Crippen LogP contribution is -2.52. The van der Waals surface area contributed by atoms with Gasteiger partial charge in [-0.15, -0.1) is 0 Å². The number of H-pyrrole nitrogens is 1. The molecule has 2 aromatic heterocycles. The highest BCUT2D eigenvalue weighted by atomic mass is 19.1. The molecule has 0 spiro atoms. The number of aromatic amines is 1. The van der Waals surface area contributed by atoms with Gasteiger partial charge < -0.3 is 24.2 Å². The van der Waals surface area contributed by atoms with E-state index in [1.165, 1.54) is 11.0 Å². The van der Waals surface area contributed by atoms with Gasteiger partial charge in [-0.05, 0) is 88.8 Å². The van der Waals surface area contributed by atoms with Gasteiger partial charge in [0, 0.05) is 80.9 Å². The number of nitrogens with zero attached hydrogens (tertiary/aromatic N) is 7. The summed E-state index contributed by atoms with van der Waals surface area (Å²) in [7, 11) is 0. The zero-order valence-electron chi connectivity index (χ0n) is 33.9. The second-order valence-electron chi connectivity index (χ2n) is 17.8. The third kappa shape index (κ3) is 7.68. The number of hydrogen-bond donors (Lipinski definition) is 2. The zero-order chi connectivity index (χ0) is 41.1. The number of benzene rings is 2. The van der Waals surface area contributed by atoms with Crippen molar-refractivity contribution in [2.24, 2.45) is 5.92 Å². The Morgan fingerprint density at radius 2 is 1.63 bits per heavy atom. The highest BCUT2D eigenvalue weighted by molar-refractivity contribution is 6.05. The van der Waals surface area contributed by atoms with Crippen LogP contribution in [0.25, 0.3) is 22.3 Å². The molecule has 5 fully saturated rings. The van der Waals surface area contributed by atoms with Crippen molar-refractivity contribution in [2.75, 3.05) is 55.6 Å². The minimum absolute atomic E-state index is 0.0242. The van der Waals surface area contributed by atoms with E-state index in [0.717, 1.165) is 95.3 Å². The number of nitrogens with one attached hydrogen (secondary N) is 2. The highest BCUT2D eigenvalue weighted by Crippen LogP contribution is 2.42. The monoisotopic (exact) mass is 823 g/mol. The predicted octanol–water partition coefficient (Wildman–Crippen LogP) is 5.36. The fraction of sp³-hybridized carbons (Fsp3) is 0.545. The van der Waals surface area contributed by atoms with Gasteiger partial charge in [0.15, 0.2) is 17.4 Å². The lowest BCUT2D eigenvalue weighted by atomic mass is 9.86. The third-order valence-electron chi connectivity index (χ3n) is 13.6. The SMILES string of the molecule is CC1(Oc2cc3c(-c4cc(N5CCN(CC6CCC(OC7CCN(c8ccc9c(c8F)CN(C8CCC(=O)NC8=O)C9=O)CC7)CC6)CC5)ncn4)n[nH]c3cc2F)CC1. The van der Waals surface area contributed by atoms with Crippen LogP contribution in [0.3, 0.4) is 0 Å². The number of carbonyl (C=O) groups excluding carboxylic acids is 3. The number of halogens is 2. The first-order valence-electron chi connectivity index (χ1n) is 21.6. The van der Waals surface area contributed by atoms with Crippen LogP contribution in [0.4, 0.5) is 20.3 Å². The quantitative estimate of drug-likeness (QED) is 0.199. The molecule has 0 radical (unpaired) electrons. The topological polar surface area (TPSA) is 149 Å². The van der Waals surface area contributed by atoms with Crippen LogP contribution in [0.5, 0.6) is 5.75 Å². The molecule has 6 heterocycles. The molecule has 4 aromatic rings. The molecule has 60 heavy (non-hydrogen) atoms. The van der Waals surface area contributed by atoms with Gasteiger partial charge in [-0.2, -0.15) is 5.10 Å². The number of rotatable bonds is 10. The molecule has 4 aliphatic heterocycles. The van der Waals surface area contributed by atoms with Crippen LogP contribution in [0.15, 0.2) is 36.7 Å². The maximum atomic E-state index is 15.9. The molecule has 1 unspecified atom stereocenters. The van der Waals surface area contributed by atoms with Crippen LogP contribution in [0.2, 0.25) is 0 Å². The summed E-state index contributed by atoms with van der Waals surface area (Å²) < 4.78 is 43.3. The van der Waals surface area contributed by atoms with E-state index < -0.39 is 23.6 Å². The molecule has 2 N–H and O–H groups in total. The van der Waals surface area contributed by atoms with Gasteiger partial charge in [0.2, 0.25) is 11.8 Å². The number of ether oxygens (including phenoxy) is 2. The molecule has 2 aromatic carbocycles. The molecule has 2 aliphatic carbocycles. The van der Waals surface area contributed by atoms with Crippen molar-refractivity contribution in [3.8, 4) is 17.1 Å². The van der Waals surface area contributed by atoms with E-state index in [4.69, 9.17) is 9.47 Å². The van der Waals surface area contributed by atoms with Gasteiger partial charge in [-0.3, -0.25) is 29.7 Å². The number of amides is 3. The van der Waals surface area contributed by atoms with Crippen molar-refractivity contribution in [2.45, 2.75) is 102 Å². The van der Waals surface area contributed by atoms with Gasteiger partial charge >= 0.3 is 0 Å². The number of piperidine rings is 2. The summed E-state index contributed by atoms with van der Waals surface area (Å²) >= 11 is 0. The molecule has 2 saturated carbocycles. The Hall–Kier alpha value is -5.22. The summed E-state index contributed by atoms with van der Waals surface area (Å²) in [5, 5.41) is 10.5. The molecule has 1 atom stereocenters. The lowest BCUT2D eigenvalue weighted by molar-refractivity contribution is -0.136. The van der Waals surface area contributed by atoms with E-state index in [-0.39, 0.29) is 60.3 Å². The maximum absolute atomic E-state index is 15.9.